The molecule has 0 aromatic heterocycles. The highest BCUT2D eigenvalue weighted by atomic mass is 32.2. The predicted molar refractivity (Wildman–Crippen MR) is 70.6 cm³/mol. The quantitative estimate of drug-likeness (QED) is 0.646. The Balaban J connectivity index is 2.64. The van der Waals surface area contributed by atoms with Crippen LogP contribution in [0.25, 0.3) is 0 Å². The van der Waals surface area contributed by atoms with Gasteiger partial charge in [0, 0.05) is 4.90 Å². The van der Waals surface area contributed by atoms with Crippen LogP contribution in [-0.4, -0.2) is 5.75 Å². The molecule has 1 aromatic rings. The molecular weight excluding hydrogens is 200 g/mol. The van der Waals surface area contributed by atoms with Gasteiger partial charge in [-0.05, 0) is 35.3 Å². The molecule has 84 valence electrons. The Labute approximate surface area is 98.5 Å². The minimum Gasteiger partial charge on any atom is -0.126 e. The van der Waals surface area contributed by atoms with Crippen LogP contribution in [0.2, 0.25) is 0 Å². The number of rotatable bonds is 5. The van der Waals surface area contributed by atoms with Crippen LogP contribution < -0.4 is 0 Å². The number of hydrogen-bond acceptors (Lipinski definition) is 1. The molecule has 0 bridgehead atoms. The Kier molecular flexibility index (Phi) is 4.72. The monoisotopic (exact) mass is 222 g/mol. The van der Waals surface area contributed by atoms with Crippen LogP contribution in [0.1, 0.15) is 39.7 Å². The van der Waals surface area contributed by atoms with Crippen molar-refractivity contribution >= 4 is 11.8 Å². The van der Waals surface area contributed by atoms with E-state index in [9.17, 15) is 0 Å². The molecule has 0 aliphatic carbocycles. The van der Waals surface area contributed by atoms with E-state index in [1.807, 2.05) is 11.8 Å². The van der Waals surface area contributed by atoms with Crippen molar-refractivity contribution in [1.29, 1.82) is 0 Å². The van der Waals surface area contributed by atoms with Crippen molar-refractivity contribution in [2.75, 3.05) is 5.75 Å². The van der Waals surface area contributed by atoms with Crippen LogP contribution in [-0.2, 0) is 6.42 Å². The molecule has 0 saturated heterocycles. The lowest BCUT2D eigenvalue weighted by Crippen LogP contribution is -2.13. The highest BCUT2D eigenvalue weighted by Crippen LogP contribution is 2.26. The van der Waals surface area contributed by atoms with Crippen molar-refractivity contribution in [3.8, 4) is 0 Å². The van der Waals surface area contributed by atoms with Gasteiger partial charge < -0.3 is 0 Å². The number of thioether (sulfide) groups is 1. The van der Waals surface area contributed by atoms with E-state index in [0.717, 1.165) is 5.75 Å². The van der Waals surface area contributed by atoms with E-state index in [0.29, 0.717) is 5.41 Å². The predicted octanol–water partition coefficient (Wildman–Crippen LogP) is 4.78. The zero-order valence-electron chi connectivity index (χ0n) is 10.3. The largest absolute Gasteiger partial charge is 0.126 e. The van der Waals surface area contributed by atoms with E-state index in [2.05, 4.69) is 52.0 Å². The fraction of sp³-hybridized carbons (Fsp3) is 0.571. The van der Waals surface area contributed by atoms with Crippen molar-refractivity contribution in [1.82, 2.24) is 0 Å². The lowest BCUT2D eigenvalue weighted by molar-refractivity contribution is 0.349. The summed E-state index contributed by atoms with van der Waals surface area (Å²) in [7, 11) is 0. The molecule has 0 fully saturated rings. The van der Waals surface area contributed by atoms with Crippen LogP contribution >= 0.6 is 11.8 Å². The fourth-order valence-electron chi connectivity index (χ4n) is 1.55. The van der Waals surface area contributed by atoms with Gasteiger partial charge in [0.15, 0.2) is 0 Å². The summed E-state index contributed by atoms with van der Waals surface area (Å²) >= 11 is 1.91. The SMILES string of the molecule is CCSc1ccc(CC(C)(C)CC)cc1. The first-order chi connectivity index (χ1) is 7.07. The van der Waals surface area contributed by atoms with Gasteiger partial charge in [0.25, 0.3) is 0 Å². The van der Waals surface area contributed by atoms with Gasteiger partial charge in [0.1, 0.15) is 0 Å². The maximum absolute atomic E-state index is 2.34. The molecule has 0 nitrogen and oxygen atoms in total. The maximum atomic E-state index is 2.34. The molecule has 0 aliphatic heterocycles. The van der Waals surface area contributed by atoms with E-state index >= 15 is 0 Å². The van der Waals surface area contributed by atoms with E-state index in [-0.39, 0.29) is 0 Å². The van der Waals surface area contributed by atoms with Gasteiger partial charge in [0.2, 0.25) is 0 Å². The number of hydrogen-bond donors (Lipinski definition) is 0. The molecule has 0 saturated carbocycles. The second-order valence-electron chi connectivity index (χ2n) is 4.77. The molecule has 15 heavy (non-hydrogen) atoms. The molecule has 1 heteroatoms. The van der Waals surface area contributed by atoms with Gasteiger partial charge in [-0.1, -0.05) is 46.2 Å². The third kappa shape index (κ3) is 4.29. The second-order valence-corrected chi connectivity index (χ2v) is 6.11. The molecule has 0 radical (unpaired) electrons. The summed E-state index contributed by atoms with van der Waals surface area (Å²) in [5.41, 5.74) is 1.89. The lowest BCUT2D eigenvalue weighted by atomic mass is 9.83. The van der Waals surface area contributed by atoms with Gasteiger partial charge >= 0.3 is 0 Å². The fourth-order valence-corrected chi connectivity index (χ4v) is 2.21. The minimum atomic E-state index is 0.430. The standard InChI is InChI=1S/C14H22S/c1-5-14(3,4)11-12-7-9-13(10-8-12)15-6-2/h7-10H,5-6,11H2,1-4H3. The summed E-state index contributed by atoms with van der Waals surface area (Å²) in [5.74, 6) is 1.15. The van der Waals surface area contributed by atoms with Crippen molar-refractivity contribution in [3.63, 3.8) is 0 Å². The van der Waals surface area contributed by atoms with Crippen LogP contribution in [0.5, 0.6) is 0 Å². The summed E-state index contributed by atoms with van der Waals surface area (Å²) in [5, 5.41) is 0. The average Bonchev–Trinajstić information content (AvgIpc) is 2.21. The van der Waals surface area contributed by atoms with E-state index in [4.69, 9.17) is 0 Å². The zero-order chi connectivity index (χ0) is 11.3. The third-order valence-corrected chi connectivity index (χ3v) is 3.77. The van der Waals surface area contributed by atoms with Gasteiger partial charge in [-0.25, -0.2) is 0 Å². The van der Waals surface area contributed by atoms with Crippen molar-refractivity contribution in [2.45, 2.75) is 45.4 Å². The Morgan fingerprint density at radius 2 is 1.67 bits per heavy atom. The highest BCUT2D eigenvalue weighted by Gasteiger charge is 2.15. The summed E-state index contributed by atoms with van der Waals surface area (Å²) < 4.78 is 0. The normalized spacial score (nSPS) is 11.7. The van der Waals surface area contributed by atoms with Crippen molar-refractivity contribution in [2.24, 2.45) is 5.41 Å². The summed E-state index contributed by atoms with van der Waals surface area (Å²) in [6.45, 7) is 9.13. The lowest BCUT2D eigenvalue weighted by Gasteiger charge is -2.22. The Morgan fingerprint density at radius 1 is 1.07 bits per heavy atom. The van der Waals surface area contributed by atoms with Crippen LogP contribution in [0.3, 0.4) is 0 Å². The zero-order valence-corrected chi connectivity index (χ0v) is 11.2. The minimum absolute atomic E-state index is 0.430. The Morgan fingerprint density at radius 3 is 2.13 bits per heavy atom. The van der Waals surface area contributed by atoms with Gasteiger partial charge in [0.05, 0.1) is 0 Å². The molecular formula is C14H22S. The highest BCUT2D eigenvalue weighted by molar-refractivity contribution is 7.99. The first-order valence-electron chi connectivity index (χ1n) is 5.79. The van der Waals surface area contributed by atoms with Crippen molar-refractivity contribution in [3.05, 3.63) is 29.8 Å². The molecule has 1 rings (SSSR count). The molecule has 0 unspecified atom stereocenters. The molecule has 0 spiro atoms. The molecule has 0 aliphatic rings. The van der Waals surface area contributed by atoms with E-state index < -0.39 is 0 Å². The molecule has 0 amide bonds. The van der Waals surface area contributed by atoms with E-state index in [1.54, 1.807) is 0 Å². The molecule has 0 atom stereocenters. The Bertz CT molecular complexity index is 285. The first kappa shape index (κ1) is 12.6. The summed E-state index contributed by atoms with van der Waals surface area (Å²) in [6.07, 6.45) is 2.42. The van der Waals surface area contributed by atoms with Crippen LogP contribution in [0.15, 0.2) is 29.2 Å². The van der Waals surface area contributed by atoms with Gasteiger partial charge in [-0.15, -0.1) is 11.8 Å². The van der Waals surface area contributed by atoms with Crippen LogP contribution in [0.4, 0.5) is 0 Å². The summed E-state index contributed by atoms with van der Waals surface area (Å²) in [4.78, 5) is 1.38. The third-order valence-electron chi connectivity index (χ3n) is 2.87. The summed E-state index contributed by atoms with van der Waals surface area (Å²) in [6, 6.07) is 9.04. The average molecular weight is 222 g/mol. The van der Waals surface area contributed by atoms with E-state index in [1.165, 1.54) is 23.3 Å². The smallest absolute Gasteiger partial charge is 0.00720 e. The molecule has 0 N–H and O–H groups in total. The number of benzene rings is 1. The molecule has 1 aromatic carbocycles. The maximum Gasteiger partial charge on any atom is 0.00720 e. The van der Waals surface area contributed by atoms with Gasteiger partial charge in [-0.3, -0.25) is 0 Å². The Hall–Kier alpha value is -0.430. The van der Waals surface area contributed by atoms with Crippen LogP contribution in [0, 0.1) is 5.41 Å². The molecule has 0 heterocycles. The first-order valence-corrected chi connectivity index (χ1v) is 6.77. The topological polar surface area (TPSA) is 0 Å². The van der Waals surface area contributed by atoms with Gasteiger partial charge in [-0.2, -0.15) is 0 Å². The second kappa shape index (κ2) is 5.60. The van der Waals surface area contributed by atoms with Crippen molar-refractivity contribution < 1.29 is 0 Å².